The lowest BCUT2D eigenvalue weighted by Crippen LogP contribution is -2.42. The molecule has 1 saturated carbocycles. The van der Waals surface area contributed by atoms with E-state index in [0.717, 1.165) is 19.3 Å². The summed E-state index contributed by atoms with van der Waals surface area (Å²) in [5, 5.41) is 15.1. The number of hydrogen-bond acceptors (Lipinski definition) is 4. The van der Waals surface area contributed by atoms with Gasteiger partial charge in [-0.15, -0.1) is 0 Å². The van der Waals surface area contributed by atoms with Crippen molar-refractivity contribution >= 4 is 23.5 Å². The predicted molar refractivity (Wildman–Crippen MR) is 70.3 cm³/mol. The van der Waals surface area contributed by atoms with Crippen molar-refractivity contribution in [3.63, 3.8) is 0 Å². The van der Waals surface area contributed by atoms with Crippen molar-refractivity contribution in [3.8, 4) is 0 Å². The molecule has 1 aliphatic rings. The lowest BCUT2D eigenvalue weighted by atomic mass is 10.0. The number of amidine groups is 1. The normalized spacial score (nSPS) is 26.8. The fraction of sp³-hybridized carbons (Fsp3) is 0.818. The Kier molecular flexibility index (Phi) is 5.61. The molecule has 17 heavy (non-hydrogen) atoms. The number of amides is 1. The van der Waals surface area contributed by atoms with E-state index in [9.17, 15) is 4.79 Å². The maximum absolute atomic E-state index is 11.9. The van der Waals surface area contributed by atoms with Crippen LogP contribution in [0.15, 0.2) is 5.16 Å². The number of carbonyl (C=O) groups is 1. The monoisotopic (exact) mass is 259 g/mol. The van der Waals surface area contributed by atoms with Crippen LogP contribution in [0.5, 0.6) is 0 Å². The highest BCUT2D eigenvalue weighted by Gasteiger charge is 2.28. The lowest BCUT2D eigenvalue weighted by Gasteiger charge is -2.17. The molecule has 4 N–H and O–H groups in total. The van der Waals surface area contributed by atoms with Gasteiger partial charge in [0.25, 0.3) is 0 Å². The van der Waals surface area contributed by atoms with Gasteiger partial charge in [0.1, 0.15) is 0 Å². The van der Waals surface area contributed by atoms with Crippen molar-refractivity contribution < 1.29 is 10.0 Å². The van der Waals surface area contributed by atoms with Crippen LogP contribution in [0, 0.1) is 5.92 Å². The summed E-state index contributed by atoms with van der Waals surface area (Å²) < 4.78 is 0. The minimum absolute atomic E-state index is 0.00980. The van der Waals surface area contributed by atoms with Crippen molar-refractivity contribution in [3.05, 3.63) is 0 Å². The molecule has 3 unspecified atom stereocenters. The highest BCUT2D eigenvalue weighted by Crippen LogP contribution is 2.28. The number of nitrogens with two attached hydrogens (primary N) is 1. The Bertz CT molecular complexity index is 296. The molecule has 5 nitrogen and oxygen atoms in total. The van der Waals surface area contributed by atoms with Crippen LogP contribution in [-0.4, -0.2) is 34.5 Å². The molecule has 98 valence electrons. The number of nitrogens with one attached hydrogen (secondary N) is 1. The van der Waals surface area contributed by atoms with Crippen LogP contribution in [0.4, 0.5) is 0 Å². The third-order valence-electron chi connectivity index (χ3n) is 3.26. The van der Waals surface area contributed by atoms with Gasteiger partial charge in [-0.25, -0.2) is 0 Å². The van der Waals surface area contributed by atoms with E-state index in [1.807, 2.05) is 18.7 Å². The molecule has 0 spiro atoms. The van der Waals surface area contributed by atoms with Crippen LogP contribution >= 0.6 is 11.8 Å². The third kappa shape index (κ3) is 3.80. The summed E-state index contributed by atoms with van der Waals surface area (Å²) in [5.74, 6) is -0.660. The summed E-state index contributed by atoms with van der Waals surface area (Å²) in [7, 11) is 0. The molecule has 3 atom stereocenters. The molecule has 1 fully saturated rings. The zero-order chi connectivity index (χ0) is 12.8. The number of hydrogen-bond donors (Lipinski definition) is 3. The molecule has 1 aliphatic carbocycles. The van der Waals surface area contributed by atoms with Gasteiger partial charge >= 0.3 is 0 Å². The van der Waals surface area contributed by atoms with Crippen LogP contribution in [0.25, 0.3) is 0 Å². The van der Waals surface area contributed by atoms with E-state index in [1.165, 1.54) is 0 Å². The van der Waals surface area contributed by atoms with Crippen molar-refractivity contribution in [2.24, 2.45) is 16.8 Å². The van der Waals surface area contributed by atoms with E-state index in [2.05, 4.69) is 16.7 Å². The molecular formula is C11H21N3O2S. The highest BCUT2D eigenvalue weighted by molar-refractivity contribution is 7.99. The predicted octanol–water partition coefficient (Wildman–Crippen LogP) is 1.16. The van der Waals surface area contributed by atoms with Crippen molar-refractivity contribution in [1.82, 2.24) is 5.32 Å². The fourth-order valence-electron chi connectivity index (χ4n) is 2.19. The van der Waals surface area contributed by atoms with E-state index in [1.54, 1.807) is 0 Å². The number of carbonyl (C=O) groups excluding carboxylic acids is 1. The Morgan fingerprint density at radius 2 is 2.35 bits per heavy atom. The minimum Gasteiger partial charge on any atom is -0.409 e. The van der Waals surface area contributed by atoms with E-state index in [4.69, 9.17) is 10.9 Å². The van der Waals surface area contributed by atoms with E-state index < -0.39 is 5.92 Å². The second-order valence-corrected chi connectivity index (χ2v) is 5.50. The summed E-state index contributed by atoms with van der Waals surface area (Å²) >= 11 is 1.85. The molecule has 0 heterocycles. The minimum atomic E-state index is -0.520. The van der Waals surface area contributed by atoms with Gasteiger partial charge < -0.3 is 16.3 Å². The maximum Gasteiger partial charge on any atom is 0.231 e. The summed E-state index contributed by atoms with van der Waals surface area (Å²) in [6.07, 6.45) is 5.82. The van der Waals surface area contributed by atoms with Crippen LogP contribution in [0.1, 0.15) is 32.6 Å². The Morgan fingerprint density at radius 3 is 2.82 bits per heavy atom. The average Bonchev–Trinajstić information content (AvgIpc) is 2.77. The second kappa shape index (κ2) is 6.74. The van der Waals surface area contributed by atoms with Gasteiger partial charge in [-0.05, 0) is 31.9 Å². The smallest absolute Gasteiger partial charge is 0.231 e. The molecular weight excluding hydrogens is 238 g/mol. The van der Waals surface area contributed by atoms with Gasteiger partial charge in [0.2, 0.25) is 5.91 Å². The maximum atomic E-state index is 11.9. The number of thioether (sulfide) groups is 1. The number of rotatable bonds is 5. The molecule has 0 radical (unpaired) electrons. The first-order valence-corrected chi connectivity index (χ1v) is 7.21. The number of oxime groups is 1. The lowest BCUT2D eigenvalue weighted by molar-refractivity contribution is -0.123. The van der Waals surface area contributed by atoms with Crippen LogP contribution in [0.2, 0.25) is 0 Å². The SMILES string of the molecule is CCC(C(=O)NC1CCC(SC)C1)C(N)=NO. The van der Waals surface area contributed by atoms with Crippen molar-refractivity contribution in [1.29, 1.82) is 0 Å². The molecule has 6 heteroatoms. The molecule has 0 aromatic carbocycles. The molecule has 0 saturated heterocycles. The van der Waals surface area contributed by atoms with Gasteiger partial charge in [0, 0.05) is 11.3 Å². The van der Waals surface area contributed by atoms with Crippen LogP contribution < -0.4 is 11.1 Å². The Hall–Kier alpha value is -0.910. The zero-order valence-corrected chi connectivity index (χ0v) is 11.2. The molecule has 0 aliphatic heterocycles. The molecule has 0 bridgehead atoms. The van der Waals surface area contributed by atoms with Crippen LogP contribution in [0.3, 0.4) is 0 Å². The molecule has 0 aromatic rings. The van der Waals surface area contributed by atoms with Crippen LogP contribution in [-0.2, 0) is 4.79 Å². The van der Waals surface area contributed by atoms with Gasteiger partial charge in [-0.2, -0.15) is 11.8 Å². The quantitative estimate of drug-likeness (QED) is 0.299. The Morgan fingerprint density at radius 1 is 1.65 bits per heavy atom. The van der Waals surface area contributed by atoms with Gasteiger partial charge in [-0.1, -0.05) is 12.1 Å². The average molecular weight is 259 g/mol. The standard InChI is InChI=1S/C11H21N3O2S/c1-3-9(10(12)14-16)11(15)13-7-4-5-8(6-7)17-2/h7-9,16H,3-6H2,1-2H3,(H2,12,14)(H,13,15). The van der Waals surface area contributed by atoms with E-state index in [0.29, 0.717) is 11.7 Å². The topological polar surface area (TPSA) is 87.7 Å². The van der Waals surface area contributed by atoms with Gasteiger partial charge in [-0.3, -0.25) is 4.79 Å². The molecule has 0 aromatic heterocycles. The Labute approximate surface area is 106 Å². The van der Waals surface area contributed by atoms with Crippen molar-refractivity contribution in [2.75, 3.05) is 6.26 Å². The molecule has 1 amide bonds. The number of nitrogens with zero attached hydrogens (tertiary/aromatic N) is 1. The fourth-order valence-corrected chi connectivity index (χ4v) is 2.98. The summed E-state index contributed by atoms with van der Waals surface area (Å²) in [6, 6.07) is 0.237. The second-order valence-electron chi connectivity index (χ2n) is 4.36. The summed E-state index contributed by atoms with van der Waals surface area (Å²) in [4.78, 5) is 11.9. The third-order valence-corrected chi connectivity index (χ3v) is 4.36. The first-order valence-electron chi connectivity index (χ1n) is 5.92. The van der Waals surface area contributed by atoms with E-state index >= 15 is 0 Å². The van der Waals surface area contributed by atoms with Gasteiger partial charge in [0.15, 0.2) is 5.84 Å². The zero-order valence-electron chi connectivity index (χ0n) is 10.3. The first kappa shape index (κ1) is 14.2. The first-order chi connectivity index (χ1) is 8.12. The highest BCUT2D eigenvalue weighted by atomic mass is 32.2. The molecule has 1 rings (SSSR count). The van der Waals surface area contributed by atoms with E-state index in [-0.39, 0.29) is 17.8 Å². The Balaban J connectivity index is 2.48. The van der Waals surface area contributed by atoms with Crippen molar-refractivity contribution in [2.45, 2.75) is 43.9 Å². The summed E-state index contributed by atoms with van der Waals surface area (Å²) in [5.41, 5.74) is 5.49. The summed E-state index contributed by atoms with van der Waals surface area (Å²) in [6.45, 7) is 1.85. The largest absolute Gasteiger partial charge is 0.409 e. The van der Waals surface area contributed by atoms with Gasteiger partial charge in [0.05, 0.1) is 5.92 Å².